The number of amides is 1. The molecule has 2 N–H and O–H groups in total. The van der Waals surface area contributed by atoms with Crippen molar-refractivity contribution in [3.8, 4) is 23.2 Å². The molecule has 0 fully saturated rings. The Balaban J connectivity index is 1.15. The second kappa shape index (κ2) is 12.1. The molecule has 0 bridgehead atoms. The number of hydrogen-bond donors (Lipinski definition) is 2. The second-order valence-corrected chi connectivity index (χ2v) is 11.6. The van der Waals surface area contributed by atoms with Crippen LogP contribution in [0.4, 0.5) is 5.00 Å². The SMILES string of the molecule is CCC(OC(=O)c1ccc2nc(-c3ccc(OC)cc3)[nH]c2c1)C(=O)Nc1sc2c(c1C#N)CCC(c1ccccc1)C2. The van der Waals surface area contributed by atoms with Gasteiger partial charge >= 0.3 is 5.97 Å². The number of imidazole rings is 1. The van der Waals surface area contributed by atoms with Gasteiger partial charge in [0.05, 0.1) is 29.3 Å². The lowest BCUT2D eigenvalue weighted by molar-refractivity contribution is -0.124. The summed E-state index contributed by atoms with van der Waals surface area (Å²) in [7, 11) is 1.61. The summed E-state index contributed by atoms with van der Waals surface area (Å²) in [6, 6.07) is 25.2. The molecular weight excluding hydrogens is 560 g/mol. The number of H-pyrrole nitrogens is 1. The van der Waals surface area contributed by atoms with E-state index in [4.69, 9.17) is 9.47 Å². The van der Waals surface area contributed by atoms with E-state index in [-0.39, 0.29) is 6.42 Å². The number of rotatable bonds is 8. The lowest BCUT2D eigenvalue weighted by atomic mass is 9.83. The number of ether oxygens (including phenoxy) is 2. The van der Waals surface area contributed by atoms with E-state index in [0.29, 0.717) is 38.9 Å². The molecule has 2 unspecified atom stereocenters. The number of fused-ring (bicyclic) bond motifs is 2. The zero-order valence-electron chi connectivity index (χ0n) is 23.8. The van der Waals surface area contributed by atoms with E-state index in [0.717, 1.165) is 41.0 Å². The van der Waals surface area contributed by atoms with E-state index in [1.807, 2.05) is 42.5 Å². The smallest absolute Gasteiger partial charge is 0.338 e. The molecular formula is C34H30N4O4S. The molecule has 8 nitrogen and oxygen atoms in total. The van der Waals surface area contributed by atoms with Crippen LogP contribution in [-0.4, -0.2) is 35.1 Å². The Morgan fingerprint density at radius 1 is 1.14 bits per heavy atom. The van der Waals surface area contributed by atoms with Crippen molar-refractivity contribution in [2.75, 3.05) is 12.4 Å². The first kappa shape index (κ1) is 28.2. The van der Waals surface area contributed by atoms with Gasteiger partial charge in [-0.1, -0.05) is 37.3 Å². The maximum atomic E-state index is 13.3. The van der Waals surface area contributed by atoms with Crippen LogP contribution in [0, 0.1) is 11.3 Å². The maximum absolute atomic E-state index is 13.3. The van der Waals surface area contributed by atoms with Crippen LogP contribution in [-0.2, 0) is 22.4 Å². The first-order chi connectivity index (χ1) is 21.0. The van der Waals surface area contributed by atoms with Gasteiger partial charge in [-0.25, -0.2) is 9.78 Å². The largest absolute Gasteiger partial charge is 0.497 e. The quantitative estimate of drug-likeness (QED) is 0.188. The fourth-order valence-electron chi connectivity index (χ4n) is 5.54. The van der Waals surface area contributed by atoms with Crippen molar-refractivity contribution in [2.45, 2.75) is 44.6 Å². The summed E-state index contributed by atoms with van der Waals surface area (Å²) in [5, 5.41) is 13.4. The van der Waals surface area contributed by atoms with Crippen LogP contribution < -0.4 is 10.1 Å². The van der Waals surface area contributed by atoms with Gasteiger partial charge < -0.3 is 19.8 Å². The fourth-order valence-corrected chi connectivity index (χ4v) is 6.82. The predicted molar refractivity (Wildman–Crippen MR) is 166 cm³/mol. The van der Waals surface area contributed by atoms with E-state index in [1.54, 1.807) is 32.2 Å². The average Bonchev–Trinajstić information content (AvgIpc) is 3.63. The highest BCUT2D eigenvalue weighted by Gasteiger charge is 2.29. The van der Waals surface area contributed by atoms with Crippen molar-refractivity contribution in [1.29, 1.82) is 5.26 Å². The van der Waals surface area contributed by atoms with Gasteiger partial charge in [-0.15, -0.1) is 11.3 Å². The van der Waals surface area contributed by atoms with Crippen LogP contribution >= 0.6 is 11.3 Å². The third kappa shape index (κ3) is 5.74. The molecule has 0 spiro atoms. The molecule has 43 heavy (non-hydrogen) atoms. The van der Waals surface area contributed by atoms with Gasteiger partial charge in [0.2, 0.25) is 0 Å². The molecule has 0 aliphatic heterocycles. The van der Waals surface area contributed by atoms with E-state index in [2.05, 4.69) is 33.5 Å². The van der Waals surface area contributed by atoms with Crippen LogP contribution in [0.5, 0.6) is 5.75 Å². The molecule has 0 saturated carbocycles. The normalized spacial score (nSPS) is 14.9. The zero-order valence-corrected chi connectivity index (χ0v) is 24.7. The van der Waals surface area contributed by atoms with Gasteiger partial charge in [0.25, 0.3) is 5.91 Å². The highest BCUT2D eigenvalue weighted by atomic mass is 32.1. The molecule has 2 atom stereocenters. The number of nitrogens with zero attached hydrogens (tertiary/aromatic N) is 2. The average molecular weight is 591 g/mol. The Morgan fingerprint density at radius 2 is 1.93 bits per heavy atom. The number of nitriles is 1. The van der Waals surface area contributed by atoms with Crippen molar-refractivity contribution in [3.05, 3.63) is 99.9 Å². The highest BCUT2D eigenvalue weighted by molar-refractivity contribution is 7.16. The molecule has 9 heteroatoms. The monoisotopic (exact) mass is 590 g/mol. The van der Waals surface area contributed by atoms with Gasteiger partial charge in [-0.05, 0) is 85.2 Å². The van der Waals surface area contributed by atoms with Crippen molar-refractivity contribution in [1.82, 2.24) is 9.97 Å². The predicted octanol–water partition coefficient (Wildman–Crippen LogP) is 7.02. The van der Waals surface area contributed by atoms with Gasteiger partial charge in [0, 0.05) is 10.4 Å². The number of aromatic nitrogens is 2. The van der Waals surface area contributed by atoms with E-state index in [9.17, 15) is 14.9 Å². The van der Waals surface area contributed by atoms with E-state index in [1.165, 1.54) is 16.9 Å². The van der Waals surface area contributed by atoms with Gasteiger partial charge in [-0.3, -0.25) is 4.79 Å². The lowest BCUT2D eigenvalue weighted by Crippen LogP contribution is -2.32. The van der Waals surface area contributed by atoms with Crippen molar-refractivity contribution in [3.63, 3.8) is 0 Å². The Kier molecular flexibility index (Phi) is 7.95. The minimum absolute atomic E-state index is 0.286. The summed E-state index contributed by atoms with van der Waals surface area (Å²) >= 11 is 1.45. The van der Waals surface area contributed by atoms with Crippen molar-refractivity contribution >= 4 is 39.2 Å². The summed E-state index contributed by atoms with van der Waals surface area (Å²) in [5.41, 5.74) is 5.38. The Labute approximate surface area is 253 Å². The first-order valence-electron chi connectivity index (χ1n) is 14.2. The summed E-state index contributed by atoms with van der Waals surface area (Å²) in [4.78, 5) is 35.4. The third-order valence-electron chi connectivity index (χ3n) is 7.88. The number of hydrogen-bond acceptors (Lipinski definition) is 7. The van der Waals surface area contributed by atoms with Gasteiger partial charge in [0.15, 0.2) is 6.10 Å². The molecule has 2 heterocycles. The summed E-state index contributed by atoms with van der Waals surface area (Å²) in [6.45, 7) is 1.78. The minimum atomic E-state index is -1.01. The topological polar surface area (TPSA) is 117 Å². The standard InChI is InChI=1S/C34H30N4O4S/c1-3-29(32(39)38-33-26(19-35)25-15-11-22(18-30(25)43-33)20-7-5-4-6-8-20)42-34(40)23-12-16-27-28(17-23)37-31(36-27)21-9-13-24(41-2)14-10-21/h4-10,12-14,16-17,22,29H,3,11,15,18H2,1-2H3,(H,36,37)(H,38,39). The number of carbonyl (C=O) groups excluding carboxylic acids is 2. The second-order valence-electron chi connectivity index (χ2n) is 10.5. The van der Waals surface area contributed by atoms with Crippen molar-refractivity contribution < 1.29 is 19.1 Å². The molecule has 0 saturated heterocycles. The number of carbonyl (C=O) groups is 2. The molecule has 5 aromatic rings. The molecule has 6 rings (SSSR count). The van der Waals surface area contributed by atoms with Crippen LogP contribution in [0.25, 0.3) is 22.4 Å². The highest BCUT2D eigenvalue weighted by Crippen LogP contribution is 2.42. The van der Waals surface area contributed by atoms with Gasteiger partial charge in [0.1, 0.15) is 22.6 Å². The maximum Gasteiger partial charge on any atom is 0.338 e. The molecule has 1 aliphatic rings. The molecule has 2 aromatic heterocycles. The third-order valence-corrected chi connectivity index (χ3v) is 9.05. The Bertz CT molecular complexity index is 1840. The molecule has 0 radical (unpaired) electrons. The molecule has 216 valence electrons. The van der Waals surface area contributed by atoms with Crippen molar-refractivity contribution in [2.24, 2.45) is 0 Å². The van der Waals surface area contributed by atoms with Crippen LogP contribution in [0.15, 0.2) is 72.8 Å². The number of nitrogens with one attached hydrogen (secondary N) is 2. The summed E-state index contributed by atoms with van der Waals surface area (Å²) in [6.07, 6.45) is 1.84. The number of methoxy groups -OCH3 is 1. The van der Waals surface area contributed by atoms with E-state index >= 15 is 0 Å². The Hall–Kier alpha value is -4.94. The number of anilines is 1. The molecule has 1 amide bonds. The molecule has 1 aliphatic carbocycles. The number of thiophene rings is 1. The first-order valence-corrected chi connectivity index (χ1v) is 15.0. The van der Waals surface area contributed by atoms with Crippen LogP contribution in [0.2, 0.25) is 0 Å². The Morgan fingerprint density at radius 3 is 2.65 bits per heavy atom. The molecule has 3 aromatic carbocycles. The summed E-state index contributed by atoms with van der Waals surface area (Å²) < 4.78 is 10.9. The fraction of sp³-hybridized carbons (Fsp3) is 0.235. The summed E-state index contributed by atoms with van der Waals surface area (Å²) in [5.74, 6) is 0.733. The zero-order chi connectivity index (χ0) is 29.9. The van der Waals surface area contributed by atoms with Crippen LogP contribution in [0.1, 0.15) is 57.6 Å². The number of aromatic amines is 1. The minimum Gasteiger partial charge on any atom is -0.497 e. The van der Waals surface area contributed by atoms with Crippen LogP contribution in [0.3, 0.4) is 0 Å². The van der Waals surface area contributed by atoms with E-state index < -0.39 is 18.0 Å². The van der Waals surface area contributed by atoms with Gasteiger partial charge in [-0.2, -0.15) is 5.26 Å². The number of benzene rings is 3. The number of esters is 1. The lowest BCUT2D eigenvalue weighted by Gasteiger charge is -2.22.